The highest BCUT2D eigenvalue weighted by Crippen LogP contribution is 2.39. The predicted octanol–water partition coefficient (Wildman–Crippen LogP) is 3.57. The SMILES string of the molecule is CC.CC1CCC(O)(c2nccs2)CC1. The van der Waals surface area contributed by atoms with E-state index in [1.54, 1.807) is 17.5 Å². The smallest absolute Gasteiger partial charge is 0.124 e. The summed E-state index contributed by atoms with van der Waals surface area (Å²) in [5, 5.41) is 13.1. The number of hydrogen-bond donors (Lipinski definition) is 1. The lowest BCUT2D eigenvalue weighted by molar-refractivity contribution is -0.0121. The maximum Gasteiger partial charge on any atom is 0.124 e. The number of hydrogen-bond acceptors (Lipinski definition) is 3. The lowest BCUT2D eigenvalue weighted by Gasteiger charge is -2.33. The van der Waals surface area contributed by atoms with Crippen molar-refractivity contribution in [2.24, 2.45) is 5.92 Å². The molecule has 0 unspecified atom stereocenters. The van der Waals surface area contributed by atoms with Crippen LogP contribution in [-0.4, -0.2) is 10.1 Å². The van der Waals surface area contributed by atoms with Crippen molar-refractivity contribution in [1.29, 1.82) is 0 Å². The molecule has 1 aliphatic rings. The third kappa shape index (κ3) is 3.02. The fraction of sp³-hybridized carbons (Fsp3) is 0.750. The molecule has 0 aromatic carbocycles. The van der Waals surface area contributed by atoms with E-state index in [0.29, 0.717) is 0 Å². The van der Waals surface area contributed by atoms with E-state index in [0.717, 1.165) is 36.6 Å². The van der Waals surface area contributed by atoms with Gasteiger partial charge in [0, 0.05) is 11.6 Å². The van der Waals surface area contributed by atoms with Crippen molar-refractivity contribution in [3.8, 4) is 0 Å². The molecule has 1 N–H and O–H groups in total. The molecule has 3 heteroatoms. The first-order chi connectivity index (χ1) is 7.21. The van der Waals surface area contributed by atoms with E-state index in [2.05, 4.69) is 11.9 Å². The Hall–Kier alpha value is -0.410. The largest absolute Gasteiger partial charge is 0.383 e. The first-order valence-electron chi connectivity index (χ1n) is 5.83. The average molecular weight is 227 g/mol. The molecule has 0 amide bonds. The third-order valence-corrected chi connectivity index (χ3v) is 3.90. The maximum absolute atomic E-state index is 10.3. The molecule has 2 nitrogen and oxygen atoms in total. The highest BCUT2D eigenvalue weighted by Gasteiger charge is 2.35. The van der Waals surface area contributed by atoms with Crippen LogP contribution in [0.1, 0.15) is 51.5 Å². The topological polar surface area (TPSA) is 33.1 Å². The fourth-order valence-electron chi connectivity index (χ4n) is 1.91. The second kappa shape index (κ2) is 5.61. The highest BCUT2D eigenvalue weighted by molar-refractivity contribution is 7.09. The second-order valence-electron chi connectivity index (χ2n) is 4.05. The van der Waals surface area contributed by atoms with Crippen LogP contribution >= 0.6 is 11.3 Å². The normalized spacial score (nSPS) is 30.5. The van der Waals surface area contributed by atoms with Gasteiger partial charge in [-0.3, -0.25) is 0 Å². The van der Waals surface area contributed by atoms with Gasteiger partial charge in [-0.2, -0.15) is 0 Å². The lowest BCUT2D eigenvalue weighted by atomic mass is 9.80. The number of nitrogens with zero attached hydrogens (tertiary/aromatic N) is 1. The van der Waals surface area contributed by atoms with Gasteiger partial charge < -0.3 is 5.11 Å². The molecular formula is C12H21NOS. The van der Waals surface area contributed by atoms with Gasteiger partial charge in [0.25, 0.3) is 0 Å². The first-order valence-corrected chi connectivity index (χ1v) is 6.71. The second-order valence-corrected chi connectivity index (χ2v) is 4.95. The van der Waals surface area contributed by atoms with Crippen LogP contribution in [0.25, 0.3) is 0 Å². The summed E-state index contributed by atoms with van der Waals surface area (Å²) in [6, 6.07) is 0. The molecule has 86 valence electrons. The Bertz CT molecular complexity index is 263. The summed E-state index contributed by atoms with van der Waals surface area (Å²) in [4.78, 5) is 4.21. The van der Waals surface area contributed by atoms with E-state index in [-0.39, 0.29) is 0 Å². The molecular weight excluding hydrogens is 206 g/mol. The quantitative estimate of drug-likeness (QED) is 0.795. The molecule has 1 saturated carbocycles. The van der Waals surface area contributed by atoms with Crippen molar-refractivity contribution in [3.63, 3.8) is 0 Å². The molecule has 1 fully saturated rings. The monoisotopic (exact) mass is 227 g/mol. The summed E-state index contributed by atoms with van der Waals surface area (Å²) in [6.07, 6.45) is 5.77. The highest BCUT2D eigenvalue weighted by atomic mass is 32.1. The Morgan fingerprint density at radius 1 is 1.40 bits per heavy atom. The van der Waals surface area contributed by atoms with Crippen molar-refractivity contribution >= 4 is 11.3 Å². The lowest BCUT2D eigenvalue weighted by Crippen LogP contribution is -2.30. The van der Waals surface area contributed by atoms with E-state index < -0.39 is 5.60 Å². The summed E-state index contributed by atoms with van der Waals surface area (Å²) in [5.74, 6) is 0.764. The Morgan fingerprint density at radius 2 is 2.00 bits per heavy atom. The van der Waals surface area contributed by atoms with Crippen LogP contribution in [-0.2, 0) is 5.60 Å². The summed E-state index contributed by atoms with van der Waals surface area (Å²) in [6.45, 7) is 6.25. The van der Waals surface area contributed by atoms with E-state index >= 15 is 0 Å². The molecule has 1 heterocycles. The van der Waals surface area contributed by atoms with Crippen LogP contribution < -0.4 is 0 Å². The van der Waals surface area contributed by atoms with Crippen LogP contribution in [0.2, 0.25) is 0 Å². The minimum absolute atomic E-state index is 0.610. The number of aromatic nitrogens is 1. The Labute approximate surface area is 96.4 Å². The Morgan fingerprint density at radius 3 is 2.47 bits per heavy atom. The van der Waals surface area contributed by atoms with Gasteiger partial charge in [-0.15, -0.1) is 11.3 Å². The van der Waals surface area contributed by atoms with Gasteiger partial charge in [0.15, 0.2) is 0 Å². The molecule has 0 atom stereocenters. The molecule has 2 rings (SSSR count). The molecule has 1 aromatic rings. The van der Waals surface area contributed by atoms with Crippen molar-refractivity contribution in [3.05, 3.63) is 16.6 Å². The number of rotatable bonds is 1. The molecule has 0 aliphatic heterocycles. The van der Waals surface area contributed by atoms with E-state index in [4.69, 9.17) is 0 Å². The molecule has 0 spiro atoms. The van der Waals surface area contributed by atoms with Gasteiger partial charge in [-0.25, -0.2) is 4.98 Å². The summed E-state index contributed by atoms with van der Waals surface area (Å²) >= 11 is 1.57. The average Bonchev–Trinajstić information content (AvgIpc) is 2.80. The zero-order chi connectivity index (χ0) is 11.3. The predicted molar refractivity (Wildman–Crippen MR) is 65.0 cm³/mol. The summed E-state index contributed by atoms with van der Waals surface area (Å²) in [7, 11) is 0. The van der Waals surface area contributed by atoms with Crippen LogP contribution in [0.15, 0.2) is 11.6 Å². The van der Waals surface area contributed by atoms with Gasteiger partial charge >= 0.3 is 0 Å². The Balaban J connectivity index is 0.000000531. The molecule has 0 bridgehead atoms. The molecule has 15 heavy (non-hydrogen) atoms. The standard InChI is InChI=1S/C10H15NOS.C2H6/c1-8-2-4-10(12,5-3-8)9-11-6-7-13-9;1-2/h6-8,12H,2-5H2,1H3;1-2H3. The third-order valence-electron chi connectivity index (χ3n) is 2.93. The van der Waals surface area contributed by atoms with Crippen LogP contribution in [0.5, 0.6) is 0 Å². The molecule has 0 radical (unpaired) electrons. The van der Waals surface area contributed by atoms with Crippen molar-refractivity contribution in [2.45, 2.75) is 52.1 Å². The van der Waals surface area contributed by atoms with E-state index in [1.807, 2.05) is 19.2 Å². The molecule has 1 aromatic heterocycles. The molecule has 0 saturated heterocycles. The van der Waals surface area contributed by atoms with Gasteiger partial charge in [0.05, 0.1) is 0 Å². The first kappa shape index (κ1) is 12.7. The summed E-state index contributed by atoms with van der Waals surface area (Å²) < 4.78 is 0. The fourth-order valence-corrected chi connectivity index (χ4v) is 2.70. The van der Waals surface area contributed by atoms with Crippen molar-refractivity contribution in [2.75, 3.05) is 0 Å². The van der Waals surface area contributed by atoms with Crippen LogP contribution in [0.4, 0.5) is 0 Å². The minimum atomic E-state index is -0.610. The van der Waals surface area contributed by atoms with E-state index in [9.17, 15) is 5.11 Å². The van der Waals surface area contributed by atoms with Crippen LogP contribution in [0, 0.1) is 5.92 Å². The zero-order valence-corrected chi connectivity index (χ0v) is 10.7. The number of thiazole rings is 1. The van der Waals surface area contributed by atoms with Crippen molar-refractivity contribution in [1.82, 2.24) is 4.98 Å². The van der Waals surface area contributed by atoms with Gasteiger partial charge in [-0.1, -0.05) is 20.8 Å². The van der Waals surface area contributed by atoms with E-state index in [1.165, 1.54) is 0 Å². The zero-order valence-electron chi connectivity index (χ0n) is 9.86. The molecule has 1 aliphatic carbocycles. The van der Waals surface area contributed by atoms with Gasteiger partial charge in [-0.05, 0) is 31.6 Å². The van der Waals surface area contributed by atoms with Gasteiger partial charge in [0.1, 0.15) is 10.6 Å². The number of aliphatic hydroxyl groups is 1. The summed E-state index contributed by atoms with van der Waals surface area (Å²) in [5.41, 5.74) is -0.610. The Kier molecular flexibility index (Phi) is 4.74. The van der Waals surface area contributed by atoms with Crippen molar-refractivity contribution < 1.29 is 5.11 Å². The maximum atomic E-state index is 10.3. The van der Waals surface area contributed by atoms with Crippen LogP contribution in [0.3, 0.4) is 0 Å². The van der Waals surface area contributed by atoms with Gasteiger partial charge in [0.2, 0.25) is 0 Å². The minimum Gasteiger partial charge on any atom is -0.383 e.